The maximum absolute atomic E-state index is 9.50. The van der Waals surface area contributed by atoms with Crippen molar-refractivity contribution >= 4 is 40.2 Å². The third-order valence-electron chi connectivity index (χ3n) is 3.31. The normalized spacial score (nSPS) is 11.0. The number of phenols is 1. The minimum Gasteiger partial charge on any atom is -0.507 e. The SMILES string of the molecule is CCN(CC)c1ccc(N=Cc2ccc(O)c(I)c2)cc1. The second-order valence-electron chi connectivity index (χ2n) is 4.66. The fourth-order valence-electron chi connectivity index (χ4n) is 2.09. The van der Waals surface area contributed by atoms with Crippen LogP contribution in [0.15, 0.2) is 47.5 Å². The molecule has 1 N–H and O–H groups in total. The van der Waals surface area contributed by atoms with Crippen molar-refractivity contribution < 1.29 is 5.11 Å². The van der Waals surface area contributed by atoms with E-state index in [0.717, 1.165) is 27.9 Å². The van der Waals surface area contributed by atoms with Gasteiger partial charge in [0.1, 0.15) is 5.75 Å². The number of aromatic hydroxyl groups is 1. The highest BCUT2D eigenvalue weighted by atomic mass is 127. The van der Waals surface area contributed by atoms with E-state index in [1.54, 1.807) is 6.07 Å². The number of aliphatic imine (C=N–C) groups is 1. The molecule has 0 amide bonds. The monoisotopic (exact) mass is 394 g/mol. The highest BCUT2D eigenvalue weighted by Crippen LogP contribution is 2.21. The van der Waals surface area contributed by atoms with Crippen LogP contribution in [-0.4, -0.2) is 24.4 Å². The first-order chi connectivity index (χ1) is 10.1. The van der Waals surface area contributed by atoms with Crippen molar-refractivity contribution in [1.82, 2.24) is 0 Å². The Labute approximate surface area is 139 Å². The maximum atomic E-state index is 9.50. The van der Waals surface area contributed by atoms with Crippen molar-refractivity contribution in [2.45, 2.75) is 13.8 Å². The Hall–Kier alpha value is -1.56. The molecule has 3 nitrogen and oxygen atoms in total. The van der Waals surface area contributed by atoms with E-state index in [2.05, 4.69) is 58.5 Å². The van der Waals surface area contributed by atoms with Gasteiger partial charge in [0.2, 0.25) is 0 Å². The summed E-state index contributed by atoms with van der Waals surface area (Å²) in [7, 11) is 0. The lowest BCUT2D eigenvalue weighted by Gasteiger charge is -2.20. The quantitative estimate of drug-likeness (QED) is 0.595. The minimum absolute atomic E-state index is 0.302. The summed E-state index contributed by atoms with van der Waals surface area (Å²) >= 11 is 2.11. The Morgan fingerprint density at radius 3 is 2.33 bits per heavy atom. The van der Waals surface area contributed by atoms with Crippen LogP contribution in [0.2, 0.25) is 0 Å². The smallest absolute Gasteiger partial charge is 0.128 e. The highest BCUT2D eigenvalue weighted by molar-refractivity contribution is 14.1. The second kappa shape index (κ2) is 7.45. The molecule has 0 saturated carbocycles. The summed E-state index contributed by atoms with van der Waals surface area (Å²) in [5.41, 5.74) is 3.12. The van der Waals surface area contributed by atoms with Crippen LogP contribution >= 0.6 is 22.6 Å². The number of rotatable bonds is 5. The van der Waals surface area contributed by atoms with Gasteiger partial charge in [0.05, 0.1) is 9.26 Å². The molecule has 0 spiro atoms. The molecule has 110 valence electrons. The standard InChI is InChI=1S/C17H19IN2O/c1-3-20(4-2)15-8-6-14(7-9-15)19-12-13-5-10-17(21)16(18)11-13/h5-12,21H,3-4H2,1-2H3. The van der Waals surface area contributed by atoms with Gasteiger partial charge in [0.25, 0.3) is 0 Å². The molecule has 0 heterocycles. The molecule has 0 fully saturated rings. The van der Waals surface area contributed by atoms with Crippen molar-refractivity contribution in [2.24, 2.45) is 4.99 Å². The van der Waals surface area contributed by atoms with E-state index < -0.39 is 0 Å². The van der Waals surface area contributed by atoms with E-state index in [-0.39, 0.29) is 0 Å². The molecule has 0 unspecified atom stereocenters. The molecule has 2 rings (SSSR count). The van der Waals surface area contributed by atoms with Crippen molar-refractivity contribution in [2.75, 3.05) is 18.0 Å². The predicted molar refractivity (Wildman–Crippen MR) is 98.1 cm³/mol. The van der Waals surface area contributed by atoms with Gasteiger partial charge in [-0.15, -0.1) is 0 Å². The van der Waals surface area contributed by atoms with Gasteiger partial charge in [-0.1, -0.05) is 0 Å². The van der Waals surface area contributed by atoms with Gasteiger partial charge < -0.3 is 10.0 Å². The first-order valence-corrected chi connectivity index (χ1v) is 8.09. The zero-order valence-electron chi connectivity index (χ0n) is 12.3. The zero-order chi connectivity index (χ0) is 15.2. The zero-order valence-corrected chi connectivity index (χ0v) is 14.4. The van der Waals surface area contributed by atoms with Gasteiger partial charge in [-0.25, -0.2) is 0 Å². The van der Waals surface area contributed by atoms with Crippen LogP contribution in [-0.2, 0) is 0 Å². The summed E-state index contributed by atoms with van der Waals surface area (Å²) in [5, 5.41) is 9.50. The van der Waals surface area contributed by atoms with E-state index >= 15 is 0 Å². The molecule has 0 aliphatic heterocycles. The summed E-state index contributed by atoms with van der Waals surface area (Å²) in [6.45, 7) is 6.32. The fourth-order valence-corrected chi connectivity index (χ4v) is 2.63. The van der Waals surface area contributed by atoms with E-state index in [0.29, 0.717) is 5.75 Å². The number of nitrogens with zero attached hydrogens (tertiary/aromatic N) is 2. The Morgan fingerprint density at radius 2 is 1.76 bits per heavy atom. The summed E-state index contributed by atoms with van der Waals surface area (Å²) in [4.78, 5) is 6.77. The lowest BCUT2D eigenvalue weighted by Crippen LogP contribution is -2.21. The molecule has 2 aromatic rings. The number of hydrogen-bond acceptors (Lipinski definition) is 3. The third kappa shape index (κ3) is 4.20. The van der Waals surface area contributed by atoms with Crippen LogP contribution < -0.4 is 4.90 Å². The van der Waals surface area contributed by atoms with Crippen LogP contribution in [0, 0.1) is 3.57 Å². The first kappa shape index (κ1) is 15.8. The van der Waals surface area contributed by atoms with Crippen molar-refractivity contribution in [3.8, 4) is 5.75 Å². The number of phenolic OH excluding ortho intramolecular Hbond substituents is 1. The molecule has 21 heavy (non-hydrogen) atoms. The van der Waals surface area contributed by atoms with Gasteiger partial charge in [0, 0.05) is 25.0 Å². The predicted octanol–water partition coefficient (Wildman–Crippen LogP) is 4.59. The molecule has 0 bridgehead atoms. The van der Waals surface area contributed by atoms with E-state index in [1.807, 2.05) is 30.5 Å². The van der Waals surface area contributed by atoms with Crippen molar-refractivity contribution in [3.63, 3.8) is 0 Å². The van der Waals surface area contributed by atoms with Crippen LogP contribution in [0.5, 0.6) is 5.75 Å². The van der Waals surface area contributed by atoms with Gasteiger partial charge in [0.15, 0.2) is 0 Å². The second-order valence-corrected chi connectivity index (χ2v) is 5.82. The largest absolute Gasteiger partial charge is 0.507 e. The fraction of sp³-hybridized carbons (Fsp3) is 0.235. The first-order valence-electron chi connectivity index (χ1n) is 7.01. The maximum Gasteiger partial charge on any atom is 0.128 e. The Balaban J connectivity index is 2.12. The molecule has 0 aliphatic rings. The van der Waals surface area contributed by atoms with Gasteiger partial charge >= 0.3 is 0 Å². The van der Waals surface area contributed by atoms with Crippen LogP contribution in [0.4, 0.5) is 11.4 Å². The molecule has 2 aromatic carbocycles. The summed E-state index contributed by atoms with van der Waals surface area (Å²) < 4.78 is 0.827. The molecule has 4 heteroatoms. The third-order valence-corrected chi connectivity index (χ3v) is 4.18. The van der Waals surface area contributed by atoms with Crippen molar-refractivity contribution in [3.05, 3.63) is 51.6 Å². The number of anilines is 1. The molecule has 0 radical (unpaired) electrons. The van der Waals surface area contributed by atoms with E-state index in [9.17, 15) is 5.11 Å². The summed E-state index contributed by atoms with van der Waals surface area (Å²) in [6, 6.07) is 13.7. The lowest BCUT2D eigenvalue weighted by atomic mass is 10.2. The highest BCUT2D eigenvalue weighted by Gasteiger charge is 2.01. The Bertz CT molecular complexity index is 619. The molecule has 0 aliphatic carbocycles. The topological polar surface area (TPSA) is 35.8 Å². The molecular weight excluding hydrogens is 375 g/mol. The van der Waals surface area contributed by atoms with Gasteiger partial charge in [-0.3, -0.25) is 4.99 Å². The van der Waals surface area contributed by atoms with Gasteiger partial charge in [-0.2, -0.15) is 0 Å². The number of hydrogen-bond donors (Lipinski definition) is 1. The van der Waals surface area contributed by atoms with Crippen LogP contribution in [0.25, 0.3) is 0 Å². The Morgan fingerprint density at radius 1 is 1.10 bits per heavy atom. The molecule has 0 atom stereocenters. The molecular formula is C17H19IN2O. The minimum atomic E-state index is 0.302. The van der Waals surface area contributed by atoms with E-state index in [1.165, 1.54) is 5.69 Å². The van der Waals surface area contributed by atoms with E-state index in [4.69, 9.17) is 0 Å². The summed E-state index contributed by atoms with van der Waals surface area (Å²) in [6.07, 6.45) is 1.81. The number of halogens is 1. The number of benzene rings is 2. The van der Waals surface area contributed by atoms with Crippen LogP contribution in [0.3, 0.4) is 0 Å². The van der Waals surface area contributed by atoms with Crippen molar-refractivity contribution in [1.29, 1.82) is 0 Å². The lowest BCUT2D eigenvalue weighted by molar-refractivity contribution is 0.471. The Kier molecular flexibility index (Phi) is 5.61. The van der Waals surface area contributed by atoms with Gasteiger partial charge in [-0.05, 0) is 84.5 Å². The summed E-state index contributed by atoms with van der Waals surface area (Å²) in [5.74, 6) is 0.302. The molecule has 0 aromatic heterocycles. The van der Waals surface area contributed by atoms with Crippen LogP contribution in [0.1, 0.15) is 19.4 Å². The average molecular weight is 394 g/mol. The average Bonchev–Trinajstić information content (AvgIpc) is 2.51. The molecule has 0 saturated heterocycles.